The number of nitrogens with two attached hydrogens (primary N) is 1. The highest BCUT2D eigenvalue weighted by molar-refractivity contribution is 5.68. The normalized spacial score (nSPS) is 10.7. The van der Waals surface area contributed by atoms with Gasteiger partial charge in [0.15, 0.2) is 11.6 Å². The number of nitrogen functional groups attached to an aromatic ring is 1. The molecule has 0 amide bonds. The number of nitrogens with one attached hydrogen (secondary N) is 1. The number of hydrogen-bond donors (Lipinski definition) is 2. The standard InChI is InChI=1S/C13H22FN3O/c1-4-7-18-13-9-12(11(15)8-10(13)14)16-5-6-17(2)3/h8-9,16H,4-7,15H2,1-3H3. The molecular weight excluding hydrogens is 233 g/mol. The molecule has 0 atom stereocenters. The minimum absolute atomic E-state index is 0.249. The third kappa shape index (κ3) is 4.41. The summed E-state index contributed by atoms with van der Waals surface area (Å²) in [6.45, 7) is 4.10. The molecule has 0 aliphatic heterocycles. The summed E-state index contributed by atoms with van der Waals surface area (Å²) < 4.78 is 18.9. The third-order valence-corrected chi connectivity index (χ3v) is 2.44. The van der Waals surface area contributed by atoms with Gasteiger partial charge in [0, 0.05) is 25.2 Å². The summed E-state index contributed by atoms with van der Waals surface area (Å²) in [4.78, 5) is 2.06. The highest BCUT2D eigenvalue weighted by Gasteiger charge is 2.08. The first-order valence-corrected chi connectivity index (χ1v) is 6.15. The van der Waals surface area contributed by atoms with Gasteiger partial charge in [-0.25, -0.2) is 4.39 Å². The number of benzene rings is 1. The van der Waals surface area contributed by atoms with E-state index in [2.05, 4.69) is 10.2 Å². The molecule has 1 aromatic rings. The van der Waals surface area contributed by atoms with Crippen molar-refractivity contribution in [3.63, 3.8) is 0 Å². The molecule has 0 aromatic heterocycles. The Kier molecular flexibility index (Phi) is 5.71. The molecule has 0 fully saturated rings. The lowest BCUT2D eigenvalue weighted by Gasteiger charge is -2.15. The van der Waals surface area contributed by atoms with Crippen LogP contribution in [0.4, 0.5) is 15.8 Å². The molecule has 1 rings (SSSR count). The Labute approximate surface area is 108 Å². The van der Waals surface area contributed by atoms with Crippen LogP contribution in [0.1, 0.15) is 13.3 Å². The first kappa shape index (κ1) is 14.6. The maximum absolute atomic E-state index is 13.6. The van der Waals surface area contributed by atoms with Crippen molar-refractivity contribution in [1.29, 1.82) is 0 Å². The van der Waals surface area contributed by atoms with Crippen molar-refractivity contribution in [1.82, 2.24) is 4.90 Å². The second-order valence-corrected chi connectivity index (χ2v) is 4.45. The summed E-state index contributed by atoms with van der Waals surface area (Å²) in [6, 6.07) is 2.92. The SMILES string of the molecule is CCCOc1cc(NCCN(C)C)c(N)cc1F. The summed E-state index contributed by atoms with van der Waals surface area (Å²) in [6.07, 6.45) is 0.840. The van der Waals surface area contributed by atoms with Gasteiger partial charge in [0.25, 0.3) is 0 Å². The van der Waals surface area contributed by atoms with Crippen molar-refractivity contribution >= 4 is 11.4 Å². The van der Waals surface area contributed by atoms with E-state index in [0.29, 0.717) is 18.0 Å². The Morgan fingerprint density at radius 2 is 2.11 bits per heavy atom. The van der Waals surface area contributed by atoms with E-state index in [9.17, 15) is 4.39 Å². The minimum Gasteiger partial charge on any atom is -0.490 e. The molecule has 102 valence electrons. The van der Waals surface area contributed by atoms with Crippen molar-refractivity contribution in [2.45, 2.75) is 13.3 Å². The fraction of sp³-hybridized carbons (Fsp3) is 0.538. The van der Waals surface area contributed by atoms with Gasteiger partial charge in [0.1, 0.15) is 0 Å². The van der Waals surface area contributed by atoms with Gasteiger partial charge in [-0.15, -0.1) is 0 Å². The van der Waals surface area contributed by atoms with E-state index >= 15 is 0 Å². The molecule has 0 bridgehead atoms. The predicted molar refractivity (Wildman–Crippen MR) is 73.6 cm³/mol. The average molecular weight is 255 g/mol. The first-order chi connectivity index (χ1) is 8.54. The van der Waals surface area contributed by atoms with Crippen LogP contribution in [0.3, 0.4) is 0 Å². The molecule has 0 aliphatic carbocycles. The summed E-state index contributed by atoms with van der Waals surface area (Å²) in [5.41, 5.74) is 6.87. The first-order valence-electron chi connectivity index (χ1n) is 6.15. The Balaban J connectivity index is 2.71. The quantitative estimate of drug-likeness (QED) is 0.733. The van der Waals surface area contributed by atoms with Gasteiger partial charge in [0.05, 0.1) is 18.0 Å². The molecule has 5 heteroatoms. The maximum Gasteiger partial charge on any atom is 0.167 e. The number of ether oxygens (including phenoxy) is 1. The van der Waals surface area contributed by atoms with Crippen LogP contribution >= 0.6 is 0 Å². The smallest absolute Gasteiger partial charge is 0.167 e. The fourth-order valence-corrected chi connectivity index (χ4v) is 1.46. The van der Waals surface area contributed by atoms with Crippen molar-refractivity contribution in [2.75, 3.05) is 44.8 Å². The molecule has 0 unspecified atom stereocenters. The van der Waals surface area contributed by atoms with Crippen LogP contribution in [-0.4, -0.2) is 38.7 Å². The number of likely N-dealkylation sites (N-methyl/N-ethyl adjacent to an activating group) is 1. The van der Waals surface area contributed by atoms with E-state index in [1.165, 1.54) is 6.07 Å². The largest absolute Gasteiger partial charge is 0.490 e. The predicted octanol–water partition coefficient (Wildman–Crippen LogP) is 2.17. The number of nitrogens with zero attached hydrogens (tertiary/aromatic N) is 1. The number of hydrogen-bond acceptors (Lipinski definition) is 4. The van der Waals surface area contributed by atoms with E-state index in [1.807, 2.05) is 21.0 Å². The Hall–Kier alpha value is -1.49. The lowest BCUT2D eigenvalue weighted by Crippen LogP contribution is -2.21. The number of rotatable bonds is 7. The average Bonchev–Trinajstić information content (AvgIpc) is 2.30. The highest BCUT2D eigenvalue weighted by Crippen LogP contribution is 2.28. The van der Waals surface area contributed by atoms with Crippen LogP contribution in [0, 0.1) is 5.82 Å². The second-order valence-electron chi connectivity index (χ2n) is 4.45. The van der Waals surface area contributed by atoms with Crippen LogP contribution in [-0.2, 0) is 0 Å². The molecule has 0 spiro atoms. The summed E-state index contributed by atoms with van der Waals surface area (Å²) in [7, 11) is 3.98. The van der Waals surface area contributed by atoms with E-state index in [1.54, 1.807) is 6.07 Å². The van der Waals surface area contributed by atoms with Gasteiger partial charge in [-0.3, -0.25) is 0 Å². The molecule has 0 saturated carbocycles. The lowest BCUT2D eigenvalue weighted by molar-refractivity contribution is 0.301. The van der Waals surface area contributed by atoms with E-state index < -0.39 is 5.82 Å². The topological polar surface area (TPSA) is 50.5 Å². The van der Waals surface area contributed by atoms with Crippen LogP contribution in [0.15, 0.2) is 12.1 Å². The third-order valence-electron chi connectivity index (χ3n) is 2.44. The molecule has 0 aliphatic rings. The van der Waals surface area contributed by atoms with Gasteiger partial charge in [-0.1, -0.05) is 6.92 Å². The molecule has 0 radical (unpaired) electrons. The van der Waals surface area contributed by atoms with Crippen LogP contribution in [0.25, 0.3) is 0 Å². The summed E-state index contributed by atoms with van der Waals surface area (Å²) in [5, 5.41) is 3.17. The lowest BCUT2D eigenvalue weighted by atomic mass is 10.2. The number of anilines is 2. The fourth-order valence-electron chi connectivity index (χ4n) is 1.46. The molecule has 3 N–H and O–H groups in total. The van der Waals surface area contributed by atoms with Crippen LogP contribution in [0.5, 0.6) is 5.75 Å². The molecule has 4 nitrogen and oxygen atoms in total. The van der Waals surface area contributed by atoms with Crippen molar-refractivity contribution in [2.24, 2.45) is 0 Å². The zero-order chi connectivity index (χ0) is 13.5. The molecule has 0 heterocycles. The van der Waals surface area contributed by atoms with E-state index in [0.717, 1.165) is 19.5 Å². The second kappa shape index (κ2) is 7.06. The highest BCUT2D eigenvalue weighted by atomic mass is 19.1. The minimum atomic E-state index is -0.417. The van der Waals surface area contributed by atoms with Gasteiger partial charge >= 0.3 is 0 Å². The molecule has 0 saturated heterocycles. The Morgan fingerprint density at radius 1 is 1.39 bits per heavy atom. The van der Waals surface area contributed by atoms with Gasteiger partial charge in [-0.05, 0) is 20.5 Å². The van der Waals surface area contributed by atoms with Crippen molar-refractivity contribution < 1.29 is 9.13 Å². The zero-order valence-electron chi connectivity index (χ0n) is 11.3. The van der Waals surface area contributed by atoms with Crippen molar-refractivity contribution in [3.8, 4) is 5.75 Å². The van der Waals surface area contributed by atoms with Crippen LogP contribution in [0.2, 0.25) is 0 Å². The Morgan fingerprint density at radius 3 is 2.72 bits per heavy atom. The van der Waals surface area contributed by atoms with Crippen LogP contribution < -0.4 is 15.8 Å². The summed E-state index contributed by atoms with van der Waals surface area (Å²) >= 11 is 0. The summed E-state index contributed by atoms with van der Waals surface area (Å²) in [5.74, 6) is -0.169. The zero-order valence-corrected chi connectivity index (χ0v) is 11.3. The van der Waals surface area contributed by atoms with Gasteiger partial charge in [-0.2, -0.15) is 0 Å². The monoisotopic (exact) mass is 255 g/mol. The van der Waals surface area contributed by atoms with E-state index in [4.69, 9.17) is 10.5 Å². The van der Waals surface area contributed by atoms with Crippen molar-refractivity contribution in [3.05, 3.63) is 17.9 Å². The number of halogens is 1. The van der Waals surface area contributed by atoms with Gasteiger partial charge < -0.3 is 20.7 Å². The molecular formula is C13H22FN3O. The van der Waals surface area contributed by atoms with Gasteiger partial charge in [0.2, 0.25) is 0 Å². The maximum atomic E-state index is 13.6. The molecule has 1 aromatic carbocycles. The van der Waals surface area contributed by atoms with E-state index in [-0.39, 0.29) is 5.75 Å². The molecule has 18 heavy (non-hydrogen) atoms. The Bertz CT molecular complexity index is 383.